The quantitative estimate of drug-likeness (QED) is 0.290. The Hall–Kier alpha value is -2.43. The topological polar surface area (TPSA) is 60.6 Å². The molecule has 5 heteroatoms. The number of carbonyl (C=O) groups is 1. The summed E-state index contributed by atoms with van der Waals surface area (Å²) in [6.07, 6.45) is 8.84. The van der Waals surface area contributed by atoms with Gasteiger partial charge in [-0.25, -0.2) is 4.79 Å². The number of aromatic amines is 1. The molecule has 0 spiro atoms. The van der Waals surface area contributed by atoms with Gasteiger partial charge in [-0.3, -0.25) is 0 Å². The van der Waals surface area contributed by atoms with Gasteiger partial charge in [-0.1, -0.05) is 12.2 Å². The maximum atomic E-state index is 12.3. The second-order valence-corrected chi connectivity index (χ2v) is 8.58. The summed E-state index contributed by atoms with van der Waals surface area (Å²) in [6, 6.07) is 4.12. The third kappa shape index (κ3) is 7.15. The number of nitrogens with one attached hydrogen (secondary N) is 1. The number of rotatable bonds is 9. The second-order valence-electron chi connectivity index (χ2n) is 8.58. The molecule has 1 aromatic rings. The van der Waals surface area contributed by atoms with Crippen LogP contribution in [0.5, 0.6) is 0 Å². The van der Waals surface area contributed by atoms with Crippen LogP contribution in [0, 0.1) is 5.92 Å². The number of aromatic nitrogens is 1. The van der Waals surface area contributed by atoms with Crippen LogP contribution in [0.1, 0.15) is 71.2 Å². The lowest BCUT2D eigenvalue weighted by Gasteiger charge is -2.31. The highest BCUT2D eigenvalue weighted by molar-refractivity contribution is 5.71. The maximum absolute atomic E-state index is 12.3. The maximum Gasteiger partial charge on any atom is 0.516 e. The number of carbonyl (C=O) groups excluding carboxylic acids is 1. The molecule has 1 aliphatic heterocycles. The predicted molar refractivity (Wildman–Crippen MR) is 116 cm³/mol. The molecule has 2 rings (SSSR count). The number of ether oxygens (including phenoxy) is 3. The van der Waals surface area contributed by atoms with Crippen LogP contribution < -0.4 is 0 Å². The van der Waals surface area contributed by atoms with E-state index >= 15 is 0 Å². The fourth-order valence-electron chi connectivity index (χ4n) is 3.50. The van der Waals surface area contributed by atoms with E-state index in [1.807, 2.05) is 25.1 Å². The van der Waals surface area contributed by atoms with Crippen LogP contribution in [0.15, 0.2) is 43.4 Å². The van der Waals surface area contributed by atoms with Gasteiger partial charge in [-0.2, -0.15) is 0 Å². The fraction of sp³-hybridized carbons (Fsp3) is 0.542. The Balaban J connectivity index is 2.28. The molecule has 2 heterocycles. The Labute approximate surface area is 174 Å². The van der Waals surface area contributed by atoms with E-state index in [-0.39, 0.29) is 18.0 Å². The number of aryl methyl sites for hydroxylation is 1. The highest BCUT2D eigenvalue weighted by atomic mass is 16.8. The van der Waals surface area contributed by atoms with Gasteiger partial charge in [0.15, 0.2) is 0 Å². The Kier molecular flexibility index (Phi) is 8.18. The van der Waals surface area contributed by atoms with E-state index in [0.29, 0.717) is 0 Å². The Morgan fingerprint density at radius 2 is 2.03 bits per heavy atom. The van der Waals surface area contributed by atoms with Crippen molar-refractivity contribution in [2.24, 2.45) is 5.92 Å². The zero-order chi connectivity index (χ0) is 21.4. The van der Waals surface area contributed by atoms with Gasteiger partial charge < -0.3 is 19.2 Å². The first-order valence-corrected chi connectivity index (χ1v) is 10.4. The van der Waals surface area contributed by atoms with E-state index in [2.05, 4.69) is 24.2 Å². The minimum atomic E-state index is -0.757. The summed E-state index contributed by atoms with van der Waals surface area (Å²) in [5.41, 5.74) is 2.31. The van der Waals surface area contributed by atoms with Crippen molar-refractivity contribution in [3.05, 3.63) is 54.8 Å². The molecule has 1 aromatic heterocycles. The molecule has 5 nitrogen and oxygen atoms in total. The molecule has 0 unspecified atom stereocenters. The van der Waals surface area contributed by atoms with Crippen molar-refractivity contribution in [1.29, 1.82) is 0 Å². The summed E-state index contributed by atoms with van der Waals surface area (Å²) in [6.45, 7) is 15.0. The van der Waals surface area contributed by atoms with Crippen molar-refractivity contribution in [3.63, 3.8) is 0 Å². The van der Waals surface area contributed by atoms with Crippen molar-refractivity contribution in [1.82, 2.24) is 4.98 Å². The number of allylic oxidation sites excluding steroid dienone is 3. The van der Waals surface area contributed by atoms with Gasteiger partial charge in [0.25, 0.3) is 5.95 Å². The summed E-state index contributed by atoms with van der Waals surface area (Å²) in [4.78, 5) is 15.8. The van der Waals surface area contributed by atoms with E-state index in [9.17, 15) is 4.79 Å². The third-order valence-corrected chi connectivity index (χ3v) is 4.71. The highest BCUT2D eigenvalue weighted by Gasteiger charge is 2.33. The van der Waals surface area contributed by atoms with Crippen molar-refractivity contribution >= 4 is 11.7 Å². The second kappa shape index (κ2) is 10.4. The van der Waals surface area contributed by atoms with Crippen LogP contribution in [0.2, 0.25) is 0 Å². The van der Waals surface area contributed by atoms with Crippen molar-refractivity contribution < 1.29 is 19.0 Å². The Morgan fingerprint density at radius 1 is 1.28 bits per heavy atom. The van der Waals surface area contributed by atoms with Gasteiger partial charge in [-0.05, 0) is 84.3 Å². The SMILES string of the molecule is C=CCCCCc1ccc(C2=C(OC(=O)OC(C)(C)C)O[C@@H](C)C[C@@H]2CC=C)[nH]1. The summed E-state index contributed by atoms with van der Waals surface area (Å²) in [5.74, 6) is 0.380. The van der Waals surface area contributed by atoms with Gasteiger partial charge >= 0.3 is 6.16 Å². The molecule has 0 fully saturated rings. The van der Waals surface area contributed by atoms with Gasteiger partial charge in [0.1, 0.15) is 5.60 Å². The zero-order valence-electron chi connectivity index (χ0n) is 18.3. The van der Waals surface area contributed by atoms with E-state index in [0.717, 1.165) is 55.5 Å². The molecule has 1 aliphatic rings. The van der Waals surface area contributed by atoms with E-state index < -0.39 is 11.8 Å². The van der Waals surface area contributed by atoms with Crippen LogP contribution in [0.4, 0.5) is 4.79 Å². The lowest BCUT2D eigenvalue weighted by atomic mass is 9.87. The minimum absolute atomic E-state index is 0.0607. The third-order valence-electron chi connectivity index (χ3n) is 4.71. The van der Waals surface area contributed by atoms with E-state index in [4.69, 9.17) is 14.2 Å². The number of hydrogen-bond donors (Lipinski definition) is 1. The number of H-pyrrole nitrogens is 1. The zero-order valence-corrected chi connectivity index (χ0v) is 18.3. The lowest BCUT2D eigenvalue weighted by molar-refractivity contribution is -0.0424. The summed E-state index contributed by atoms with van der Waals surface area (Å²) >= 11 is 0. The minimum Gasteiger partial charge on any atom is -0.462 e. The highest BCUT2D eigenvalue weighted by Crippen LogP contribution is 2.39. The number of unbranched alkanes of at least 4 members (excludes halogenated alkanes) is 2. The molecule has 2 atom stereocenters. The fourth-order valence-corrected chi connectivity index (χ4v) is 3.50. The van der Waals surface area contributed by atoms with Gasteiger partial charge in [0.05, 0.1) is 11.7 Å². The molecule has 0 aromatic carbocycles. The smallest absolute Gasteiger partial charge is 0.462 e. The molecule has 0 saturated heterocycles. The van der Waals surface area contributed by atoms with Crippen molar-refractivity contribution in [2.45, 2.75) is 77.9 Å². The van der Waals surface area contributed by atoms with Crippen LogP contribution >= 0.6 is 0 Å². The molecular weight excluding hydrogens is 366 g/mol. The molecular formula is C24H35NO4. The monoisotopic (exact) mass is 401 g/mol. The Bertz CT molecular complexity index is 738. The van der Waals surface area contributed by atoms with E-state index in [1.54, 1.807) is 20.8 Å². The standard InChI is InChI=1S/C24H35NO4/c1-7-9-10-11-13-19-14-15-20(25-19)21-18(12-8-2)16-17(3)27-22(21)28-23(26)29-24(4,5)6/h7-8,14-15,17-18,25H,1-2,9-13,16H2,3-6H3/t17-,18-/m0/s1. The molecule has 0 aliphatic carbocycles. The Morgan fingerprint density at radius 3 is 2.69 bits per heavy atom. The van der Waals surface area contributed by atoms with Crippen molar-refractivity contribution in [3.8, 4) is 0 Å². The van der Waals surface area contributed by atoms with Gasteiger partial charge in [-0.15, -0.1) is 13.2 Å². The summed E-state index contributed by atoms with van der Waals surface area (Å²) in [7, 11) is 0. The first-order chi connectivity index (χ1) is 13.7. The molecule has 0 bridgehead atoms. The molecule has 29 heavy (non-hydrogen) atoms. The van der Waals surface area contributed by atoms with Crippen LogP contribution in [-0.4, -0.2) is 22.8 Å². The summed E-state index contributed by atoms with van der Waals surface area (Å²) < 4.78 is 16.8. The van der Waals surface area contributed by atoms with Crippen LogP contribution in [-0.2, 0) is 20.6 Å². The average Bonchev–Trinajstić information content (AvgIpc) is 3.05. The molecule has 0 amide bonds. The van der Waals surface area contributed by atoms with Crippen LogP contribution in [0.25, 0.3) is 5.57 Å². The van der Waals surface area contributed by atoms with Gasteiger partial charge in [0.2, 0.25) is 0 Å². The van der Waals surface area contributed by atoms with Gasteiger partial charge in [0, 0.05) is 11.4 Å². The molecule has 1 N–H and O–H groups in total. The van der Waals surface area contributed by atoms with E-state index in [1.165, 1.54) is 0 Å². The first kappa shape index (κ1) is 22.9. The molecule has 160 valence electrons. The predicted octanol–water partition coefficient (Wildman–Crippen LogP) is 6.53. The summed E-state index contributed by atoms with van der Waals surface area (Å²) in [5, 5.41) is 0. The average molecular weight is 402 g/mol. The van der Waals surface area contributed by atoms with Crippen LogP contribution in [0.3, 0.4) is 0 Å². The first-order valence-electron chi connectivity index (χ1n) is 10.4. The number of hydrogen-bond acceptors (Lipinski definition) is 4. The molecule has 0 radical (unpaired) electrons. The largest absolute Gasteiger partial charge is 0.516 e. The lowest BCUT2D eigenvalue weighted by Crippen LogP contribution is -2.28. The molecule has 0 saturated carbocycles. The van der Waals surface area contributed by atoms with Crippen molar-refractivity contribution in [2.75, 3.05) is 0 Å². The normalized spacial score (nSPS) is 19.4.